The lowest BCUT2D eigenvalue weighted by Gasteiger charge is -2.18. The summed E-state index contributed by atoms with van der Waals surface area (Å²) >= 11 is 0. The summed E-state index contributed by atoms with van der Waals surface area (Å²) in [7, 11) is 0. The highest BCUT2D eigenvalue weighted by atomic mass is 16.4. The minimum atomic E-state index is -1.03. The van der Waals surface area contributed by atoms with E-state index in [1.54, 1.807) is 36.4 Å². The minimum Gasteiger partial charge on any atom is -0.478 e. The quantitative estimate of drug-likeness (QED) is 0.387. The Morgan fingerprint density at radius 1 is 1.00 bits per heavy atom. The lowest BCUT2D eigenvalue weighted by molar-refractivity contribution is -0.114. The first kappa shape index (κ1) is 15.3. The Morgan fingerprint density at radius 2 is 1.75 bits per heavy atom. The number of aromatic carboxylic acids is 1. The molecular weight excluding hydrogens is 310 g/mol. The number of carbonyl (C=O) groups excluding carboxylic acids is 2. The zero-order valence-electron chi connectivity index (χ0n) is 12.4. The molecule has 2 aromatic rings. The second-order valence-electron chi connectivity index (χ2n) is 5.04. The van der Waals surface area contributed by atoms with Crippen LogP contribution in [0.5, 0.6) is 0 Å². The number of carbonyl (C=O) groups is 3. The molecule has 120 valence electrons. The number of carboxylic acid groups (broad SMARTS) is 1. The first-order valence-electron chi connectivity index (χ1n) is 7.06. The predicted octanol–water partition coefficient (Wildman–Crippen LogP) is 1.61. The molecule has 1 heterocycles. The smallest absolute Gasteiger partial charge is 0.335 e. The summed E-state index contributed by atoms with van der Waals surface area (Å²) < 4.78 is 0. The average Bonchev–Trinajstić information content (AvgIpc) is 2.58. The van der Waals surface area contributed by atoms with E-state index < -0.39 is 17.8 Å². The van der Waals surface area contributed by atoms with Crippen LogP contribution in [0.3, 0.4) is 0 Å². The van der Waals surface area contributed by atoms with Gasteiger partial charge in [-0.25, -0.2) is 4.79 Å². The molecule has 0 aromatic heterocycles. The first-order chi connectivity index (χ1) is 11.6. The van der Waals surface area contributed by atoms with Crippen LogP contribution in [-0.2, 0) is 4.79 Å². The highest BCUT2D eigenvalue weighted by molar-refractivity contribution is 6.30. The lowest BCUT2D eigenvalue weighted by atomic mass is 9.96. The molecule has 24 heavy (non-hydrogen) atoms. The van der Waals surface area contributed by atoms with Gasteiger partial charge in [0.1, 0.15) is 0 Å². The van der Waals surface area contributed by atoms with Gasteiger partial charge in [0.2, 0.25) is 0 Å². The monoisotopic (exact) mass is 323 g/mol. The molecule has 0 saturated carbocycles. The van der Waals surface area contributed by atoms with Crippen LogP contribution in [-0.4, -0.2) is 22.9 Å². The van der Waals surface area contributed by atoms with E-state index in [0.717, 1.165) is 0 Å². The number of hydrogen-bond donors (Lipinski definition) is 4. The van der Waals surface area contributed by atoms with Gasteiger partial charge in [0, 0.05) is 17.3 Å². The highest BCUT2D eigenvalue weighted by Gasteiger charge is 2.26. The van der Waals surface area contributed by atoms with Gasteiger partial charge in [-0.3, -0.25) is 14.9 Å². The Morgan fingerprint density at radius 3 is 2.50 bits per heavy atom. The predicted molar refractivity (Wildman–Crippen MR) is 87.1 cm³/mol. The average molecular weight is 323 g/mol. The highest BCUT2D eigenvalue weighted by Crippen LogP contribution is 2.23. The second kappa shape index (κ2) is 6.25. The number of nitrogens with one attached hydrogen (secondary N) is 3. The fraction of sp³-hybridized carbons (Fsp3) is 0. The van der Waals surface area contributed by atoms with Crippen molar-refractivity contribution in [2.45, 2.75) is 0 Å². The summed E-state index contributed by atoms with van der Waals surface area (Å²) in [6.45, 7) is 0. The number of imide groups is 1. The van der Waals surface area contributed by atoms with Crippen LogP contribution < -0.4 is 16.2 Å². The van der Waals surface area contributed by atoms with Gasteiger partial charge in [0.15, 0.2) is 0 Å². The van der Waals surface area contributed by atoms with Gasteiger partial charge in [0.05, 0.1) is 16.8 Å². The molecule has 0 spiro atoms. The largest absolute Gasteiger partial charge is 0.478 e. The van der Waals surface area contributed by atoms with Crippen molar-refractivity contribution >= 4 is 29.0 Å². The second-order valence-corrected chi connectivity index (χ2v) is 5.04. The van der Waals surface area contributed by atoms with E-state index in [4.69, 9.17) is 5.11 Å². The van der Waals surface area contributed by atoms with Crippen molar-refractivity contribution in [3.05, 3.63) is 71.4 Å². The molecule has 0 radical (unpaired) electrons. The van der Waals surface area contributed by atoms with Crippen molar-refractivity contribution in [2.24, 2.45) is 0 Å². The van der Waals surface area contributed by atoms with E-state index in [9.17, 15) is 14.4 Å². The fourth-order valence-electron chi connectivity index (χ4n) is 2.34. The summed E-state index contributed by atoms with van der Waals surface area (Å²) in [4.78, 5) is 34.7. The zero-order chi connectivity index (χ0) is 17.1. The fourth-order valence-corrected chi connectivity index (χ4v) is 2.34. The normalized spacial score (nSPS) is 14.8. The minimum absolute atomic E-state index is 0.140. The lowest BCUT2D eigenvalue weighted by Crippen LogP contribution is -2.37. The van der Waals surface area contributed by atoms with E-state index in [1.165, 1.54) is 18.3 Å². The molecule has 4 N–H and O–H groups in total. The number of hydrazine groups is 1. The molecule has 0 unspecified atom stereocenters. The Kier molecular flexibility index (Phi) is 3.98. The maximum atomic E-state index is 12.0. The Bertz CT molecular complexity index is 874. The van der Waals surface area contributed by atoms with Crippen molar-refractivity contribution in [1.82, 2.24) is 10.7 Å². The summed E-state index contributed by atoms with van der Waals surface area (Å²) in [5.74, 6) is -1.97. The van der Waals surface area contributed by atoms with Gasteiger partial charge in [-0.15, -0.1) is 0 Å². The number of rotatable bonds is 4. The third-order valence-electron chi connectivity index (χ3n) is 3.48. The zero-order valence-corrected chi connectivity index (χ0v) is 12.4. The molecule has 2 amide bonds. The number of fused-ring (bicyclic) bond motifs is 1. The standard InChI is InChI=1S/C17H13N3O4/c21-15-13-7-2-1-6-12(13)14(16(22)19-15)9-18-20-11-5-3-4-10(8-11)17(23)24/h1-9,18,20H,(H,23,24)(H,19,21,22)/b14-9-. The Labute approximate surface area is 137 Å². The van der Waals surface area contributed by atoms with E-state index in [1.807, 2.05) is 0 Å². The number of benzene rings is 2. The van der Waals surface area contributed by atoms with E-state index in [2.05, 4.69) is 16.2 Å². The van der Waals surface area contributed by atoms with Crippen LogP contribution in [0.2, 0.25) is 0 Å². The third-order valence-corrected chi connectivity index (χ3v) is 3.48. The summed E-state index contributed by atoms with van der Waals surface area (Å²) in [5, 5.41) is 11.2. The van der Waals surface area contributed by atoms with E-state index >= 15 is 0 Å². The van der Waals surface area contributed by atoms with E-state index in [-0.39, 0.29) is 5.56 Å². The number of hydrogen-bond acceptors (Lipinski definition) is 5. The van der Waals surface area contributed by atoms with Crippen molar-refractivity contribution < 1.29 is 19.5 Å². The van der Waals surface area contributed by atoms with Gasteiger partial charge in [-0.2, -0.15) is 0 Å². The molecule has 1 aliphatic rings. The SMILES string of the molecule is O=C1NC(=O)c2ccccc2/C1=C/NNc1cccc(C(=O)O)c1. The molecule has 7 nitrogen and oxygen atoms in total. The van der Waals surface area contributed by atoms with Crippen molar-refractivity contribution in [3.8, 4) is 0 Å². The van der Waals surface area contributed by atoms with Crippen LogP contribution in [0, 0.1) is 0 Å². The third kappa shape index (κ3) is 2.95. The van der Waals surface area contributed by atoms with Crippen molar-refractivity contribution in [2.75, 3.05) is 5.43 Å². The molecule has 0 fully saturated rings. The number of anilines is 1. The molecule has 0 atom stereocenters. The van der Waals surface area contributed by atoms with Crippen LogP contribution in [0.1, 0.15) is 26.3 Å². The molecule has 3 rings (SSSR count). The molecule has 2 aromatic carbocycles. The van der Waals surface area contributed by atoms with Crippen LogP contribution in [0.4, 0.5) is 5.69 Å². The van der Waals surface area contributed by atoms with Crippen LogP contribution >= 0.6 is 0 Å². The molecule has 0 aliphatic carbocycles. The van der Waals surface area contributed by atoms with Gasteiger partial charge in [-0.1, -0.05) is 24.3 Å². The van der Waals surface area contributed by atoms with Crippen molar-refractivity contribution in [1.29, 1.82) is 0 Å². The van der Waals surface area contributed by atoms with Crippen LogP contribution in [0.15, 0.2) is 54.7 Å². The topological polar surface area (TPSA) is 108 Å². The van der Waals surface area contributed by atoms with Crippen LogP contribution in [0.25, 0.3) is 5.57 Å². The van der Waals surface area contributed by atoms with E-state index in [0.29, 0.717) is 22.4 Å². The maximum absolute atomic E-state index is 12.0. The molecule has 7 heteroatoms. The van der Waals surface area contributed by atoms with Gasteiger partial charge < -0.3 is 16.0 Å². The molecule has 1 aliphatic heterocycles. The first-order valence-corrected chi connectivity index (χ1v) is 7.06. The molecule has 0 saturated heterocycles. The molecule has 0 bridgehead atoms. The number of carboxylic acids is 1. The molecular formula is C17H13N3O4. The van der Waals surface area contributed by atoms with Crippen molar-refractivity contribution in [3.63, 3.8) is 0 Å². The number of amides is 2. The van der Waals surface area contributed by atoms with Gasteiger partial charge in [0.25, 0.3) is 11.8 Å². The Hall–Kier alpha value is -3.61. The summed E-state index contributed by atoms with van der Waals surface area (Å²) in [6, 6.07) is 13.0. The Balaban J connectivity index is 1.81. The summed E-state index contributed by atoms with van der Waals surface area (Å²) in [5.41, 5.74) is 7.44. The van der Waals surface area contributed by atoms with Gasteiger partial charge >= 0.3 is 5.97 Å². The summed E-state index contributed by atoms with van der Waals surface area (Å²) in [6.07, 6.45) is 1.42. The van der Waals surface area contributed by atoms with Gasteiger partial charge in [-0.05, 0) is 24.3 Å². The maximum Gasteiger partial charge on any atom is 0.335 e.